The number of rotatable bonds is 2. The highest BCUT2D eigenvalue weighted by Crippen LogP contribution is 2.39. The van der Waals surface area contributed by atoms with Gasteiger partial charge in [-0.25, -0.2) is 0 Å². The Morgan fingerprint density at radius 3 is 2.96 bits per heavy atom. The minimum atomic E-state index is -0.834. The molecule has 0 radical (unpaired) electrons. The molecule has 0 saturated heterocycles. The van der Waals surface area contributed by atoms with E-state index in [4.69, 9.17) is 0 Å². The number of amides is 1. The molecule has 0 aliphatic carbocycles. The van der Waals surface area contributed by atoms with Gasteiger partial charge in [-0.15, -0.1) is 0 Å². The van der Waals surface area contributed by atoms with Gasteiger partial charge in [0, 0.05) is 33.5 Å². The monoisotopic (exact) mass is 546 g/mol. The molecule has 1 amide bonds. The van der Waals surface area contributed by atoms with Gasteiger partial charge >= 0.3 is 0 Å². The summed E-state index contributed by atoms with van der Waals surface area (Å²) in [6.45, 7) is 0. The summed E-state index contributed by atoms with van der Waals surface area (Å²) in [5.74, 6) is -0.114. The SMILES string of the molecule is CN1C(=O)c2cccc3c2C(=CI=C3/C=C/C2C=IC=CN2)C1O. The largest absolute Gasteiger partial charge is 0.380 e. The third-order valence-electron chi connectivity index (χ3n) is 4.18. The van der Waals surface area contributed by atoms with Gasteiger partial charge in [-0.1, -0.05) is 65.7 Å². The number of allylic oxidation sites excluding steroid dienone is 1. The molecule has 0 spiro atoms. The number of nitrogens with zero attached hydrogens (tertiary/aromatic N) is 1. The van der Waals surface area contributed by atoms with Crippen molar-refractivity contribution < 1.29 is 9.90 Å². The van der Waals surface area contributed by atoms with Gasteiger partial charge in [0.05, 0.1) is 6.04 Å². The van der Waals surface area contributed by atoms with E-state index in [0.29, 0.717) is 11.6 Å². The smallest absolute Gasteiger partial charge is 0.256 e. The highest BCUT2D eigenvalue weighted by Gasteiger charge is 2.35. The van der Waals surface area contributed by atoms with Gasteiger partial charge in [0.15, 0.2) is 6.23 Å². The third kappa shape index (κ3) is 2.74. The molecule has 1 aromatic carbocycles. The standard InChI is InChI=1S/C18H16I2N2O2/c1-22-17(23)13-4-2-3-12-15(6-5-11-9-19-7-8-21-11)20-10-14(16(12)13)18(22)24/h2-11,18,21,24H,1H3/b6-5+. The van der Waals surface area contributed by atoms with E-state index in [9.17, 15) is 9.90 Å². The number of aliphatic hydroxyl groups excluding tert-OH is 1. The summed E-state index contributed by atoms with van der Waals surface area (Å²) >= 11 is -0.285. The molecule has 3 aliphatic heterocycles. The van der Waals surface area contributed by atoms with Crippen LogP contribution in [0.25, 0.3) is 5.57 Å². The molecule has 2 N–H and O–H groups in total. The van der Waals surface area contributed by atoms with Crippen LogP contribution in [0.3, 0.4) is 0 Å². The van der Waals surface area contributed by atoms with Crippen molar-refractivity contribution in [3.63, 3.8) is 0 Å². The number of hydrogen-bond donors (Lipinski definition) is 2. The molecular formula is C18H16I2N2O2. The molecule has 0 bridgehead atoms. The molecule has 2 unspecified atom stereocenters. The fourth-order valence-corrected chi connectivity index (χ4v) is 6.97. The van der Waals surface area contributed by atoms with Crippen molar-refractivity contribution in [2.75, 3.05) is 7.05 Å². The highest BCUT2D eigenvalue weighted by molar-refractivity contribution is 14.2. The summed E-state index contributed by atoms with van der Waals surface area (Å²) in [5.41, 5.74) is 3.61. The van der Waals surface area contributed by atoms with Gasteiger partial charge in [-0.05, 0) is 23.8 Å². The zero-order valence-electron chi connectivity index (χ0n) is 12.9. The normalized spacial score (nSPS) is 25.2. The van der Waals surface area contributed by atoms with Crippen LogP contribution in [0.5, 0.6) is 0 Å². The van der Waals surface area contributed by atoms with Crippen LogP contribution < -0.4 is 5.32 Å². The molecule has 0 fully saturated rings. The summed E-state index contributed by atoms with van der Waals surface area (Å²) < 4.78 is 7.99. The molecule has 6 heteroatoms. The molecule has 24 heavy (non-hydrogen) atoms. The lowest BCUT2D eigenvalue weighted by atomic mass is 9.88. The number of aliphatic hydroxyl groups is 1. The average molecular weight is 546 g/mol. The molecule has 2 atom stereocenters. The lowest BCUT2D eigenvalue weighted by Gasteiger charge is -2.34. The zero-order chi connectivity index (χ0) is 16.7. The Hall–Kier alpha value is -1.13. The van der Waals surface area contributed by atoms with E-state index < -0.39 is 6.23 Å². The number of hydrogen-bond acceptors (Lipinski definition) is 3. The number of carbonyl (C=O) groups is 1. The number of likely N-dealkylation sites (N-methyl/N-ethyl adjacent to an activating group) is 1. The van der Waals surface area contributed by atoms with Crippen LogP contribution in [0.15, 0.2) is 44.7 Å². The van der Waals surface area contributed by atoms with Crippen LogP contribution in [0.4, 0.5) is 0 Å². The van der Waals surface area contributed by atoms with Gasteiger partial charge in [0.2, 0.25) is 0 Å². The Morgan fingerprint density at radius 2 is 2.17 bits per heavy atom. The summed E-state index contributed by atoms with van der Waals surface area (Å²) in [4.78, 5) is 13.9. The molecule has 0 saturated carbocycles. The summed E-state index contributed by atoms with van der Waals surface area (Å²) in [5, 5.41) is 13.8. The Morgan fingerprint density at radius 1 is 1.33 bits per heavy atom. The maximum Gasteiger partial charge on any atom is 0.256 e. The number of carbonyl (C=O) groups excluding carboxylic acids is 1. The van der Waals surface area contributed by atoms with E-state index in [-0.39, 0.29) is 47.4 Å². The molecule has 124 valence electrons. The van der Waals surface area contributed by atoms with Crippen molar-refractivity contribution >= 4 is 60.5 Å². The van der Waals surface area contributed by atoms with Crippen LogP contribution in [0.2, 0.25) is 0 Å². The van der Waals surface area contributed by atoms with Crippen molar-refractivity contribution in [3.8, 4) is 0 Å². The molecule has 3 heterocycles. The quantitative estimate of drug-likeness (QED) is 0.562. The summed E-state index contributed by atoms with van der Waals surface area (Å²) in [6, 6.07) is 6.16. The van der Waals surface area contributed by atoms with Crippen LogP contribution in [0.1, 0.15) is 21.5 Å². The number of halogens is 2. The van der Waals surface area contributed by atoms with E-state index >= 15 is 0 Å². The first kappa shape index (κ1) is 16.3. The fourth-order valence-electron chi connectivity index (χ4n) is 2.92. The third-order valence-corrected chi connectivity index (χ3v) is 8.74. The van der Waals surface area contributed by atoms with Crippen LogP contribution in [0, 0.1) is 0 Å². The van der Waals surface area contributed by atoms with Crippen molar-refractivity contribution in [2.45, 2.75) is 12.3 Å². The minimum absolute atomic E-state index is 0.0518. The van der Waals surface area contributed by atoms with E-state index in [0.717, 1.165) is 16.7 Å². The van der Waals surface area contributed by atoms with Crippen LogP contribution in [-0.4, -0.2) is 42.8 Å². The van der Waals surface area contributed by atoms with Gasteiger partial charge in [0.25, 0.3) is 5.91 Å². The minimum Gasteiger partial charge on any atom is -0.380 e. The second kappa shape index (κ2) is 6.64. The lowest BCUT2D eigenvalue weighted by molar-refractivity contribution is 0.0422. The van der Waals surface area contributed by atoms with E-state index in [1.807, 2.05) is 18.3 Å². The maximum atomic E-state index is 12.5. The molecule has 1 aromatic rings. The Bertz CT molecular complexity index is 868. The molecule has 0 aromatic heterocycles. The van der Waals surface area contributed by atoms with Gasteiger partial charge in [0.1, 0.15) is 0 Å². The number of nitrogens with one attached hydrogen (secondary N) is 1. The second-order valence-electron chi connectivity index (χ2n) is 5.64. The van der Waals surface area contributed by atoms with Crippen molar-refractivity contribution in [1.29, 1.82) is 0 Å². The Balaban J connectivity index is 1.76. The zero-order valence-corrected chi connectivity index (χ0v) is 17.2. The second-order valence-corrected chi connectivity index (χ2v) is 10.2. The fraction of sp³-hybridized carbons (Fsp3) is 0.167. The predicted molar refractivity (Wildman–Crippen MR) is 116 cm³/mol. The molecule has 3 aliphatic rings. The number of benzene rings is 1. The topological polar surface area (TPSA) is 52.6 Å². The van der Waals surface area contributed by atoms with Gasteiger partial charge < -0.3 is 15.3 Å². The first-order valence-electron chi connectivity index (χ1n) is 7.51. The Kier molecular flexibility index (Phi) is 4.52. The predicted octanol–water partition coefficient (Wildman–Crippen LogP) is 2.71. The van der Waals surface area contributed by atoms with Gasteiger partial charge in [-0.3, -0.25) is 4.79 Å². The summed E-state index contributed by atoms with van der Waals surface area (Å²) in [6.07, 6.45) is 5.60. The van der Waals surface area contributed by atoms with E-state index in [1.165, 1.54) is 8.41 Å². The first-order valence-corrected chi connectivity index (χ1v) is 12.3. The van der Waals surface area contributed by atoms with E-state index in [2.05, 4.69) is 35.7 Å². The van der Waals surface area contributed by atoms with Crippen molar-refractivity contribution in [1.82, 2.24) is 10.2 Å². The van der Waals surface area contributed by atoms with Crippen molar-refractivity contribution in [3.05, 3.63) is 61.4 Å². The average Bonchev–Trinajstić information content (AvgIpc) is 2.63. The lowest BCUT2D eigenvalue weighted by Crippen LogP contribution is -2.42. The van der Waals surface area contributed by atoms with Crippen molar-refractivity contribution in [2.24, 2.45) is 0 Å². The molecule has 4 nitrogen and oxygen atoms in total. The maximum absolute atomic E-state index is 12.5. The van der Waals surface area contributed by atoms with Crippen LogP contribution >= 0.6 is 41.5 Å². The highest BCUT2D eigenvalue weighted by atomic mass is 127. The molecular weight excluding hydrogens is 530 g/mol. The Labute approximate surface area is 160 Å². The van der Waals surface area contributed by atoms with E-state index in [1.54, 1.807) is 7.05 Å². The van der Waals surface area contributed by atoms with Gasteiger partial charge in [-0.2, -0.15) is 0 Å². The molecule has 4 rings (SSSR count). The van der Waals surface area contributed by atoms with Crippen LogP contribution in [-0.2, 0) is 0 Å². The first-order chi connectivity index (χ1) is 11.7. The summed E-state index contributed by atoms with van der Waals surface area (Å²) in [7, 11) is 1.65.